The van der Waals surface area contributed by atoms with E-state index in [2.05, 4.69) is 168 Å². The summed E-state index contributed by atoms with van der Waals surface area (Å²) in [4.78, 5) is 19.1. The lowest BCUT2D eigenvalue weighted by Crippen LogP contribution is -2.26. The molecule has 6 heteroatoms. The molecule has 1 N–H and O–H groups in total. The number of anilines is 3. The molecule has 0 radical (unpaired) electrons. The number of nitrogens with zero attached hydrogens (tertiary/aromatic N) is 2. The zero-order chi connectivity index (χ0) is 54.7. The lowest BCUT2D eigenvalue weighted by molar-refractivity contribution is -0.132. The number of thiophene rings is 2. The van der Waals surface area contributed by atoms with Gasteiger partial charge in [-0.15, -0.1) is 22.7 Å². The largest absolute Gasteiger partial charge is 0.477 e. The number of benzene rings is 5. The molecule has 7 aromatic rings. The molecule has 0 fully saturated rings. The van der Waals surface area contributed by atoms with Crippen molar-refractivity contribution in [2.45, 2.75) is 194 Å². The number of hydrogen-bond acceptors (Lipinski definition) is 5. The molecule has 0 atom stereocenters. The molecule has 5 aromatic carbocycles. The van der Waals surface area contributed by atoms with Gasteiger partial charge in [0.15, 0.2) is 0 Å². The van der Waals surface area contributed by atoms with Crippen molar-refractivity contribution in [3.63, 3.8) is 0 Å². The molecule has 9 rings (SSSR count). The summed E-state index contributed by atoms with van der Waals surface area (Å²) in [5.41, 5.74) is 18.7. The zero-order valence-electron chi connectivity index (χ0n) is 47.7. The first kappa shape index (κ1) is 56.7. The van der Waals surface area contributed by atoms with E-state index in [0.29, 0.717) is 0 Å². The molecule has 0 amide bonds. The first-order valence-corrected chi connectivity index (χ1v) is 31.8. The Morgan fingerprint density at radius 3 is 1.41 bits per heavy atom. The normalized spacial score (nSPS) is 13.7. The molecular formula is C72H84N2O2S2. The van der Waals surface area contributed by atoms with Gasteiger partial charge in [0.05, 0.1) is 0 Å². The van der Waals surface area contributed by atoms with E-state index >= 15 is 0 Å². The smallest absolute Gasteiger partial charge is 0.346 e. The first-order valence-electron chi connectivity index (χ1n) is 30.2. The number of carboxylic acid groups (broad SMARTS) is 1. The van der Waals surface area contributed by atoms with Crippen LogP contribution in [0.2, 0.25) is 0 Å². The Balaban J connectivity index is 1.20. The summed E-state index contributed by atoms with van der Waals surface area (Å²) in [5.74, 6) is -1.19. The highest BCUT2D eigenvalue weighted by Crippen LogP contribution is 2.58. The highest BCUT2D eigenvalue weighted by atomic mass is 32.1. The van der Waals surface area contributed by atoms with Crippen molar-refractivity contribution in [1.29, 1.82) is 5.26 Å². The number of unbranched alkanes of at least 4 members (excludes halogenated alkanes) is 10. The molecule has 0 saturated carbocycles. The second kappa shape index (κ2) is 26.3. The number of carbonyl (C=O) groups is 1. The van der Waals surface area contributed by atoms with Gasteiger partial charge in [-0.05, 0) is 167 Å². The number of fused-ring (bicyclic) bond motifs is 6. The summed E-state index contributed by atoms with van der Waals surface area (Å²) in [6.07, 6.45) is 26.9. The Morgan fingerprint density at radius 2 is 0.949 bits per heavy atom. The van der Waals surface area contributed by atoms with Crippen molar-refractivity contribution in [3.05, 3.63) is 165 Å². The lowest BCUT2D eigenvalue weighted by Gasteiger charge is -2.35. The molecule has 406 valence electrons. The maximum absolute atomic E-state index is 12.0. The summed E-state index contributed by atoms with van der Waals surface area (Å²) in [7, 11) is 0. The predicted molar refractivity (Wildman–Crippen MR) is 335 cm³/mol. The minimum absolute atomic E-state index is 0.0355. The Labute approximate surface area is 476 Å². The molecule has 4 nitrogen and oxygen atoms in total. The van der Waals surface area contributed by atoms with E-state index in [0.717, 1.165) is 68.4 Å². The van der Waals surface area contributed by atoms with Gasteiger partial charge in [0, 0.05) is 47.4 Å². The van der Waals surface area contributed by atoms with Gasteiger partial charge in [-0.2, -0.15) is 5.26 Å². The number of hydrogen-bond donors (Lipinski definition) is 1. The Hall–Kier alpha value is -6.00. The van der Waals surface area contributed by atoms with Gasteiger partial charge in [0.1, 0.15) is 11.6 Å². The SMILES string of the molecule is CCCCCCc1cc(-c2sc(/C=C(\C#N)C(=O)O)cc2CCCCCC)sc1-c1ccc(N(c2ccc3c(c2)C(CCCC)(CCCC)c2ccccc2-3)c2ccc3c(c2)C(CCCC)(CCCC)c2ccccc2-3)cc1. The van der Waals surface area contributed by atoms with E-state index in [4.69, 9.17) is 0 Å². The van der Waals surface area contributed by atoms with Crippen molar-refractivity contribution in [3.8, 4) is 48.5 Å². The Morgan fingerprint density at radius 1 is 0.500 bits per heavy atom. The summed E-state index contributed by atoms with van der Waals surface area (Å²) < 4.78 is 0. The second-order valence-electron chi connectivity index (χ2n) is 22.6. The monoisotopic (exact) mass is 1070 g/mol. The van der Waals surface area contributed by atoms with Crippen LogP contribution in [0.3, 0.4) is 0 Å². The summed E-state index contributed by atoms with van der Waals surface area (Å²) >= 11 is 3.50. The summed E-state index contributed by atoms with van der Waals surface area (Å²) in [5, 5.41) is 19.5. The molecule has 0 saturated heterocycles. The summed E-state index contributed by atoms with van der Waals surface area (Å²) in [6, 6.07) is 49.5. The van der Waals surface area contributed by atoms with E-state index in [1.165, 1.54) is 171 Å². The van der Waals surface area contributed by atoms with Crippen LogP contribution in [0, 0.1) is 11.3 Å². The van der Waals surface area contributed by atoms with Crippen LogP contribution in [0.25, 0.3) is 48.5 Å². The fourth-order valence-corrected chi connectivity index (χ4v) is 15.8. The van der Waals surface area contributed by atoms with Crippen molar-refractivity contribution < 1.29 is 9.90 Å². The van der Waals surface area contributed by atoms with Crippen molar-refractivity contribution in [1.82, 2.24) is 0 Å². The second-order valence-corrected chi connectivity index (χ2v) is 24.7. The fourth-order valence-electron chi connectivity index (χ4n) is 13.3. The third-order valence-electron chi connectivity index (χ3n) is 17.3. The van der Waals surface area contributed by atoms with Gasteiger partial charge in [0.2, 0.25) is 0 Å². The Bertz CT molecular complexity index is 3100. The molecule has 2 aromatic heterocycles. The average molecular weight is 1070 g/mol. The van der Waals surface area contributed by atoms with E-state index in [1.54, 1.807) is 17.4 Å². The highest BCUT2D eigenvalue weighted by molar-refractivity contribution is 7.24. The third kappa shape index (κ3) is 11.5. The minimum Gasteiger partial charge on any atom is -0.477 e. The van der Waals surface area contributed by atoms with Crippen molar-refractivity contribution in [2.75, 3.05) is 4.90 Å². The third-order valence-corrected chi connectivity index (χ3v) is 19.9. The molecule has 0 bridgehead atoms. The van der Waals surface area contributed by atoms with Crippen molar-refractivity contribution in [2.24, 2.45) is 0 Å². The van der Waals surface area contributed by atoms with Gasteiger partial charge >= 0.3 is 5.97 Å². The average Bonchev–Trinajstić information content (AvgIpc) is 4.40. The molecule has 0 aliphatic heterocycles. The zero-order valence-corrected chi connectivity index (χ0v) is 49.4. The first-order chi connectivity index (χ1) is 38.2. The van der Waals surface area contributed by atoms with Gasteiger partial charge in [-0.1, -0.05) is 204 Å². The predicted octanol–water partition coefficient (Wildman–Crippen LogP) is 22.1. The molecule has 2 aliphatic carbocycles. The number of carboxylic acids is 1. The van der Waals surface area contributed by atoms with Gasteiger partial charge in [-0.3, -0.25) is 0 Å². The van der Waals surface area contributed by atoms with Gasteiger partial charge < -0.3 is 10.0 Å². The van der Waals surface area contributed by atoms with E-state index < -0.39 is 5.97 Å². The fraction of sp³-hybridized carbons (Fsp3) is 0.417. The summed E-state index contributed by atoms with van der Waals surface area (Å²) in [6.45, 7) is 13.9. The van der Waals surface area contributed by atoms with Gasteiger partial charge in [0.25, 0.3) is 0 Å². The van der Waals surface area contributed by atoms with E-state index in [9.17, 15) is 15.2 Å². The van der Waals surface area contributed by atoms with Crippen LogP contribution in [0.5, 0.6) is 0 Å². The lowest BCUT2D eigenvalue weighted by atomic mass is 9.70. The van der Waals surface area contributed by atoms with Crippen LogP contribution < -0.4 is 4.90 Å². The van der Waals surface area contributed by atoms with Crippen LogP contribution >= 0.6 is 22.7 Å². The number of aryl methyl sites for hydroxylation is 2. The quantitative estimate of drug-likeness (QED) is 0.0288. The molecule has 0 spiro atoms. The molecular weight excluding hydrogens is 989 g/mol. The highest BCUT2D eigenvalue weighted by Gasteiger charge is 2.44. The van der Waals surface area contributed by atoms with Gasteiger partial charge in [-0.25, -0.2) is 4.79 Å². The van der Waals surface area contributed by atoms with Crippen LogP contribution in [0.4, 0.5) is 17.1 Å². The molecule has 2 aliphatic rings. The molecule has 0 unspecified atom stereocenters. The Kier molecular flexibility index (Phi) is 19.1. The number of nitriles is 1. The maximum atomic E-state index is 12.0. The maximum Gasteiger partial charge on any atom is 0.346 e. The molecule has 2 heterocycles. The standard InChI is InChI=1S/C72H84N2O2S2/c1-7-13-19-21-27-52-45-58(46-54(50-73)70(75)76)77-69(52)67-47-53(28-22-20-14-8-2)68(78-67)51-33-35-55(36-34-51)74(56-37-39-61-59-29-23-25-31-63(59)71(41-15-9-3,42-16-10-4)65(61)48-56)57-38-40-62-60-30-24-26-32-64(60)72(43-17-11-5,44-18-12-6)66(62)49-57/h23-26,29-40,45-49H,7-22,27-28,41-44H2,1-6H3,(H,75,76)/b54-46+. The van der Waals surface area contributed by atoms with E-state index in [-0.39, 0.29) is 16.4 Å². The van der Waals surface area contributed by atoms with Crippen molar-refractivity contribution >= 4 is 51.8 Å². The van der Waals surface area contributed by atoms with Crippen LogP contribution in [0.15, 0.2) is 127 Å². The van der Waals surface area contributed by atoms with Crippen LogP contribution in [-0.2, 0) is 28.5 Å². The number of rotatable bonds is 29. The van der Waals surface area contributed by atoms with Crippen LogP contribution in [-0.4, -0.2) is 11.1 Å². The topological polar surface area (TPSA) is 64.3 Å². The van der Waals surface area contributed by atoms with E-state index in [1.807, 2.05) is 17.4 Å². The van der Waals surface area contributed by atoms with Crippen LogP contribution in [0.1, 0.15) is 208 Å². The number of aliphatic carboxylic acids is 1. The minimum atomic E-state index is -1.19. The molecule has 78 heavy (non-hydrogen) atoms.